The van der Waals surface area contributed by atoms with Gasteiger partial charge in [0.25, 0.3) is 0 Å². The van der Waals surface area contributed by atoms with Crippen LogP contribution in [0.3, 0.4) is 0 Å². The molecule has 1 aliphatic carbocycles. The summed E-state index contributed by atoms with van der Waals surface area (Å²) in [5, 5.41) is 0. The number of aromatic nitrogens is 3. The zero-order valence-corrected chi connectivity index (χ0v) is 24.2. The Morgan fingerprint density at radius 2 is 1.46 bits per heavy atom. The predicted octanol–water partition coefficient (Wildman–Crippen LogP) is 7.72. The Balaban J connectivity index is 0.000000178. The van der Waals surface area contributed by atoms with Crippen molar-refractivity contribution >= 4 is 0 Å². The van der Waals surface area contributed by atoms with Crippen LogP contribution in [0.2, 0.25) is 0 Å². The Kier molecular flexibility index (Phi) is 7.82. The van der Waals surface area contributed by atoms with Crippen LogP contribution in [-0.4, -0.2) is 15.0 Å². The second-order valence-corrected chi connectivity index (χ2v) is 9.88. The molecule has 5 aromatic rings. The molecule has 0 saturated heterocycles. The van der Waals surface area contributed by atoms with Gasteiger partial charge in [-0.15, -0.1) is 53.1 Å². The van der Waals surface area contributed by atoms with Crippen molar-refractivity contribution in [3.8, 4) is 33.6 Å². The van der Waals surface area contributed by atoms with Crippen molar-refractivity contribution in [3.05, 3.63) is 125 Å². The minimum absolute atomic E-state index is 0. The van der Waals surface area contributed by atoms with E-state index in [4.69, 9.17) is 0 Å². The maximum Gasteiger partial charge on any atom is 0.0207 e. The van der Waals surface area contributed by atoms with E-state index in [1.165, 1.54) is 38.9 Å². The van der Waals surface area contributed by atoms with Gasteiger partial charge in [-0.2, -0.15) is 0 Å². The Hall–Kier alpha value is -3.46. The number of fused-ring (bicyclic) bond motifs is 3. The van der Waals surface area contributed by atoms with Gasteiger partial charge in [-0.25, -0.2) is 0 Å². The molecule has 187 valence electrons. The van der Waals surface area contributed by atoms with Gasteiger partial charge < -0.3 is 15.0 Å². The summed E-state index contributed by atoms with van der Waals surface area (Å²) < 4.78 is 0. The van der Waals surface area contributed by atoms with Crippen LogP contribution in [0.15, 0.2) is 85.3 Å². The molecule has 0 saturated carbocycles. The molecule has 3 aromatic heterocycles. The molecule has 3 heterocycles. The molecule has 0 unspecified atom stereocenters. The first kappa shape index (κ1) is 26.6. The maximum absolute atomic E-state index is 4.63. The van der Waals surface area contributed by atoms with Crippen LogP contribution >= 0.6 is 0 Å². The third-order valence-electron chi connectivity index (χ3n) is 6.97. The van der Waals surface area contributed by atoms with E-state index < -0.39 is 0 Å². The van der Waals surface area contributed by atoms with E-state index >= 15 is 0 Å². The fourth-order valence-corrected chi connectivity index (χ4v) is 4.63. The largest absolute Gasteiger partial charge is 0.360 e. The summed E-state index contributed by atoms with van der Waals surface area (Å²) in [5.41, 5.74) is 12.9. The van der Waals surface area contributed by atoms with E-state index in [9.17, 15) is 0 Å². The number of aryl methyl sites for hydroxylation is 3. The molecular weight excluding hydrogens is 631 g/mol. The summed E-state index contributed by atoms with van der Waals surface area (Å²) >= 11 is 0. The van der Waals surface area contributed by atoms with Gasteiger partial charge in [0.15, 0.2) is 0 Å². The molecule has 3 nitrogen and oxygen atoms in total. The monoisotopic (exact) mass is 660 g/mol. The number of benzene rings is 2. The van der Waals surface area contributed by atoms with Crippen molar-refractivity contribution in [2.45, 2.75) is 40.0 Å². The number of nitrogens with zero attached hydrogens (tertiary/aromatic N) is 3. The molecule has 4 heteroatoms. The molecule has 6 rings (SSSR count). The summed E-state index contributed by atoms with van der Waals surface area (Å²) in [6.07, 6.45) is 8.66. The van der Waals surface area contributed by atoms with Crippen LogP contribution in [0.5, 0.6) is 0 Å². The fraction of sp³-hybridized carbons (Fsp3) is 0.182. The van der Waals surface area contributed by atoms with E-state index in [1.807, 2.05) is 30.6 Å². The average molecular weight is 660 g/mol. The Morgan fingerprint density at radius 3 is 2.16 bits per heavy atom. The Morgan fingerprint density at radius 1 is 0.703 bits per heavy atom. The minimum atomic E-state index is 0. The fourth-order valence-electron chi connectivity index (χ4n) is 4.63. The van der Waals surface area contributed by atoms with Crippen molar-refractivity contribution in [3.63, 3.8) is 0 Å². The first-order valence-corrected chi connectivity index (χ1v) is 12.2. The van der Waals surface area contributed by atoms with Crippen LogP contribution in [-0.2, 0) is 25.5 Å². The summed E-state index contributed by atoms with van der Waals surface area (Å²) in [4.78, 5) is 13.1. The van der Waals surface area contributed by atoms with Crippen molar-refractivity contribution < 1.29 is 20.1 Å². The molecule has 37 heavy (non-hydrogen) atoms. The average Bonchev–Trinajstić information content (AvgIpc) is 3.13. The predicted molar refractivity (Wildman–Crippen MR) is 147 cm³/mol. The second-order valence-electron chi connectivity index (χ2n) is 9.88. The maximum atomic E-state index is 4.63. The third-order valence-corrected chi connectivity index (χ3v) is 6.97. The Bertz CT molecular complexity index is 1520. The number of hydrogen-bond donors (Lipinski definition) is 0. The summed E-state index contributed by atoms with van der Waals surface area (Å²) in [6.45, 7) is 10.8. The molecule has 0 aliphatic heterocycles. The molecule has 0 bridgehead atoms. The van der Waals surface area contributed by atoms with E-state index in [0.717, 1.165) is 22.5 Å². The first-order valence-electron chi connectivity index (χ1n) is 12.2. The van der Waals surface area contributed by atoms with Crippen molar-refractivity contribution in [2.24, 2.45) is 0 Å². The van der Waals surface area contributed by atoms with Crippen molar-refractivity contribution in [1.29, 1.82) is 0 Å². The van der Waals surface area contributed by atoms with Crippen LogP contribution in [0.25, 0.3) is 33.6 Å². The molecule has 0 fully saturated rings. The number of rotatable bonds is 2. The van der Waals surface area contributed by atoms with E-state index in [-0.39, 0.29) is 25.5 Å². The van der Waals surface area contributed by atoms with Gasteiger partial charge in [-0.3, -0.25) is 0 Å². The molecule has 1 aliphatic rings. The standard InChI is InChI=1S/C19H15N2.C14H14N.Ir/c1-19(2)16-8-4-3-7-14(16)15-10-18(21-12-17(15)19)13-6-5-9-20-11-13;1-10-4-6-13(7-5-10)14-8-11(2)12(3)9-15-14;/h3-10,12H,1-2H3;4-6,8-9H,1-3H3;/q2*-1;. The molecule has 0 N–H and O–H groups in total. The number of pyridine rings is 3. The van der Waals surface area contributed by atoms with Crippen molar-refractivity contribution in [1.82, 2.24) is 15.0 Å². The zero-order chi connectivity index (χ0) is 25.3. The van der Waals surface area contributed by atoms with Gasteiger partial charge in [-0.05, 0) is 59.2 Å². The summed E-state index contributed by atoms with van der Waals surface area (Å²) in [5.74, 6) is 0. The summed E-state index contributed by atoms with van der Waals surface area (Å²) in [6, 6.07) is 26.2. The van der Waals surface area contributed by atoms with Gasteiger partial charge >= 0.3 is 0 Å². The molecular formula is C33H29IrN3-2. The van der Waals surface area contributed by atoms with Crippen molar-refractivity contribution in [2.75, 3.05) is 0 Å². The van der Waals surface area contributed by atoms with Gasteiger partial charge in [-0.1, -0.05) is 68.9 Å². The van der Waals surface area contributed by atoms with Gasteiger partial charge in [0.2, 0.25) is 0 Å². The third kappa shape index (κ3) is 5.32. The zero-order valence-electron chi connectivity index (χ0n) is 21.8. The molecule has 0 spiro atoms. The van der Waals surface area contributed by atoms with Crippen LogP contribution < -0.4 is 0 Å². The topological polar surface area (TPSA) is 38.7 Å². The first-order chi connectivity index (χ1) is 17.3. The van der Waals surface area contributed by atoms with E-state index in [2.05, 4.69) is 110 Å². The van der Waals surface area contributed by atoms with Gasteiger partial charge in [0.05, 0.1) is 0 Å². The molecule has 0 amide bonds. The molecule has 0 atom stereocenters. The molecule has 1 radical (unpaired) electrons. The quantitative estimate of drug-likeness (QED) is 0.182. The van der Waals surface area contributed by atoms with Crippen LogP contribution in [0.1, 0.15) is 41.7 Å². The smallest absolute Gasteiger partial charge is 0.0207 e. The van der Waals surface area contributed by atoms with E-state index in [1.54, 1.807) is 6.20 Å². The van der Waals surface area contributed by atoms with Gasteiger partial charge in [0.1, 0.15) is 0 Å². The second kappa shape index (κ2) is 10.9. The van der Waals surface area contributed by atoms with Crippen LogP contribution in [0.4, 0.5) is 0 Å². The summed E-state index contributed by atoms with van der Waals surface area (Å²) in [7, 11) is 0. The normalized spacial score (nSPS) is 12.5. The SMILES string of the molecule is CC1(C)c2ccccc2-c2cc(-c3[c-]nccc3)ncc21.Cc1c[c-]c(-c2cc(C)c(C)cn2)cc1.[Ir]. The number of hydrogen-bond acceptors (Lipinski definition) is 3. The minimum Gasteiger partial charge on any atom is -0.360 e. The van der Waals surface area contributed by atoms with Crippen LogP contribution in [0, 0.1) is 33.0 Å². The molecule has 2 aromatic carbocycles. The van der Waals surface area contributed by atoms with E-state index in [0.29, 0.717) is 0 Å². The Labute approximate surface area is 233 Å². The van der Waals surface area contributed by atoms with Gasteiger partial charge in [0, 0.05) is 37.9 Å².